The van der Waals surface area contributed by atoms with Gasteiger partial charge < -0.3 is 34.4 Å². The summed E-state index contributed by atoms with van der Waals surface area (Å²) in [6.07, 6.45) is 0.517. The van der Waals surface area contributed by atoms with Gasteiger partial charge >= 0.3 is 12.1 Å². The molecule has 6 rings (SSSR count). The maximum absolute atomic E-state index is 13.1. The number of hydrogen-bond donors (Lipinski definition) is 2. The summed E-state index contributed by atoms with van der Waals surface area (Å²) in [6, 6.07) is 19.4. The van der Waals surface area contributed by atoms with Crippen LogP contribution in [0.25, 0.3) is 0 Å². The fourth-order valence-corrected chi connectivity index (χ4v) is 7.23. The second kappa shape index (κ2) is 13.6. The number of aliphatic carboxylic acids is 1. The Bertz CT molecular complexity index is 1450. The number of alkyl carbamates (subject to hydrolysis) is 1. The lowest BCUT2D eigenvalue weighted by atomic mass is 9.74. The van der Waals surface area contributed by atoms with E-state index in [1.165, 1.54) is 0 Å². The van der Waals surface area contributed by atoms with Crippen molar-refractivity contribution in [2.45, 2.75) is 70.7 Å². The Morgan fingerprint density at radius 1 is 0.830 bits per heavy atom. The molecule has 0 saturated carbocycles. The molecule has 0 spiro atoms. The van der Waals surface area contributed by atoms with Crippen LogP contribution in [0.15, 0.2) is 60.7 Å². The molecule has 0 unspecified atom stereocenters. The molecule has 2 aromatic carbocycles. The number of carboxylic acids is 1. The number of hydrogen-bond acceptors (Lipinski definition) is 7. The molecule has 2 aromatic rings. The number of rotatable bonds is 6. The highest BCUT2D eigenvalue weighted by Crippen LogP contribution is 2.46. The highest BCUT2D eigenvalue weighted by molar-refractivity contribution is 5.92. The van der Waals surface area contributed by atoms with Crippen LogP contribution in [0.4, 0.5) is 4.79 Å². The van der Waals surface area contributed by atoms with Gasteiger partial charge in [0.25, 0.3) is 0 Å². The predicted octanol–water partition coefficient (Wildman–Crippen LogP) is 4.59. The molecule has 11 heteroatoms. The molecule has 4 heterocycles. The number of carbonyl (C=O) groups is 4. The van der Waals surface area contributed by atoms with Gasteiger partial charge in [-0.05, 0) is 58.6 Å². The van der Waals surface area contributed by atoms with Crippen LogP contribution in [0.2, 0.25) is 0 Å². The minimum absolute atomic E-state index is 0.0251. The van der Waals surface area contributed by atoms with Gasteiger partial charge in [0.15, 0.2) is 0 Å². The number of nitrogens with zero attached hydrogens (tertiary/aromatic N) is 2. The van der Waals surface area contributed by atoms with Crippen molar-refractivity contribution in [3.63, 3.8) is 0 Å². The van der Waals surface area contributed by atoms with E-state index in [2.05, 4.69) is 5.32 Å². The summed E-state index contributed by atoms with van der Waals surface area (Å²) < 4.78 is 16.3. The maximum Gasteiger partial charge on any atom is 0.408 e. The van der Waals surface area contributed by atoms with E-state index >= 15 is 0 Å². The maximum atomic E-state index is 13.1. The molecule has 3 amide bonds. The minimum Gasteiger partial charge on any atom is -0.481 e. The standard InChI is InChI=1S/C20H28N2O4.C16H19NO4/c1-14(15-8-6-5-7-9-15)22-13-20(21-18(24)26-19(2,3)4)10-11-25-12-16(20)17(22)23;1-11(12-5-3-2-4-6-12)17-10-16(15(19)20)7-8-21-9-13(16)14(17)18/h5-9,14,16H,10-13H2,1-4H3,(H,21,24);2-6,11,13H,7-10H2,1H3,(H,19,20)/t14-,16+,20-;11-,13+,16-/m11/s1. The van der Waals surface area contributed by atoms with Gasteiger partial charge in [0, 0.05) is 26.3 Å². The number of carbonyl (C=O) groups excluding carboxylic acids is 3. The van der Waals surface area contributed by atoms with Crippen LogP contribution in [0.5, 0.6) is 0 Å². The van der Waals surface area contributed by atoms with Crippen LogP contribution >= 0.6 is 0 Å². The fourth-order valence-electron chi connectivity index (χ4n) is 7.23. The van der Waals surface area contributed by atoms with Crippen molar-refractivity contribution in [2.75, 3.05) is 39.5 Å². The average molecular weight is 650 g/mol. The van der Waals surface area contributed by atoms with Crippen molar-refractivity contribution in [2.24, 2.45) is 17.3 Å². The second-order valence-electron chi connectivity index (χ2n) is 14.1. The molecule has 0 aromatic heterocycles. The van der Waals surface area contributed by atoms with Gasteiger partial charge in [0.2, 0.25) is 11.8 Å². The Hall–Kier alpha value is -3.96. The summed E-state index contributed by atoms with van der Waals surface area (Å²) in [5.41, 5.74) is -0.112. The van der Waals surface area contributed by atoms with Crippen LogP contribution in [0.1, 0.15) is 70.7 Å². The quantitative estimate of drug-likeness (QED) is 0.464. The van der Waals surface area contributed by atoms with Crippen molar-refractivity contribution < 1.29 is 38.5 Å². The molecule has 254 valence electrons. The van der Waals surface area contributed by atoms with Crippen molar-refractivity contribution in [1.29, 1.82) is 0 Å². The normalized spacial score (nSPS) is 28.4. The van der Waals surface area contributed by atoms with Crippen LogP contribution < -0.4 is 5.32 Å². The molecule has 0 bridgehead atoms. The zero-order valence-corrected chi connectivity index (χ0v) is 27.9. The van der Waals surface area contributed by atoms with Gasteiger partial charge in [-0.1, -0.05) is 60.7 Å². The van der Waals surface area contributed by atoms with E-state index in [4.69, 9.17) is 14.2 Å². The Balaban J connectivity index is 0.000000189. The van der Waals surface area contributed by atoms with Crippen molar-refractivity contribution in [3.8, 4) is 0 Å². The molecule has 0 radical (unpaired) electrons. The molecule has 11 nitrogen and oxygen atoms in total. The first-order valence-electron chi connectivity index (χ1n) is 16.4. The van der Waals surface area contributed by atoms with E-state index in [9.17, 15) is 24.3 Å². The summed E-state index contributed by atoms with van der Waals surface area (Å²) >= 11 is 0. The molecular formula is C36H47N3O8. The Labute approximate surface area is 276 Å². The number of fused-ring (bicyclic) bond motifs is 2. The molecule has 4 aliphatic rings. The topological polar surface area (TPSA) is 135 Å². The molecule has 0 aliphatic carbocycles. The van der Waals surface area contributed by atoms with E-state index < -0.39 is 34.5 Å². The van der Waals surface area contributed by atoms with Gasteiger partial charge in [-0.25, -0.2) is 4.79 Å². The Morgan fingerprint density at radius 2 is 1.32 bits per heavy atom. The first-order chi connectivity index (χ1) is 22.3. The van der Waals surface area contributed by atoms with E-state index in [0.717, 1.165) is 11.1 Å². The van der Waals surface area contributed by atoms with E-state index in [1.54, 1.807) is 4.90 Å². The smallest absolute Gasteiger partial charge is 0.408 e. The lowest BCUT2D eigenvalue weighted by Crippen LogP contribution is -2.59. The number of ether oxygens (including phenoxy) is 3. The third kappa shape index (κ3) is 7.01. The highest BCUT2D eigenvalue weighted by atomic mass is 16.6. The van der Waals surface area contributed by atoms with Gasteiger partial charge in [-0.3, -0.25) is 14.4 Å². The largest absolute Gasteiger partial charge is 0.481 e. The third-order valence-electron chi connectivity index (χ3n) is 10.0. The summed E-state index contributed by atoms with van der Waals surface area (Å²) in [5.74, 6) is -1.90. The SMILES string of the molecule is C[C@H](c1ccccc1)N1C[C@]2(C(=O)O)CCOC[C@H]2C1=O.C[C@H](c1ccccc1)N1C[C@]2(NC(=O)OC(C)(C)C)CCOC[C@H]2C1=O. The zero-order chi connectivity index (χ0) is 34.0. The average Bonchev–Trinajstić information content (AvgIpc) is 3.52. The van der Waals surface area contributed by atoms with Crippen LogP contribution in [0.3, 0.4) is 0 Å². The Morgan fingerprint density at radius 3 is 1.83 bits per heavy atom. The highest BCUT2D eigenvalue weighted by Gasteiger charge is 2.59. The molecule has 6 atom stereocenters. The summed E-state index contributed by atoms with van der Waals surface area (Å²) in [6.45, 7) is 11.7. The molecular weight excluding hydrogens is 602 g/mol. The van der Waals surface area contributed by atoms with Crippen molar-refractivity contribution in [1.82, 2.24) is 15.1 Å². The minimum atomic E-state index is -0.988. The second-order valence-corrected chi connectivity index (χ2v) is 14.1. The predicted molar refractivity (Wildman–Crippen MR) is 173 cm³/mol. The Kier molecular flexibility index (Phi) is 9.98. The monoisotopic (exact) mass is 649 g/mol. The lowest BCUT2D eigenvalue weighted by molar-refractivity contribution is -0.160. The van der Waals surface area contributed by atoms with Crippen LogP contribution in [0, 0.1) is 17.3 Å². The molecule has 4 fully saturated rings. The number of nitrogens with one attached hydrogen (secondary N) is 1. The zero-order valence-electron chi connectivity index (χ0n) is 27.9. The lowest BCUT2D eigenvalue weighted by Gasteiger charge is -2.38. The van der Waals surface area contributed by atoms with E-state index in [-0.39, 0.29) is 43.0 Å². The van der Waals surface area contributed by atoms with Crippen molar-refractivity contribution in [3.05, 3.63) is 71.8 Å². The summed E-state index contributed by atoms with van der Waals surface area (Å²) in [7, 11) is 0. The number of benzene rings is 2. The molecule has 47 heavy (non-hydrogen) atoms. The van der Waals surface area contributed by atoms with Crippen molar-refractivity contribution >= 4 is 23.9 Å². The van der Waals surface area contributed by atoms with E-state index in [1.807, 2.05) is 100 Å². The van der Waals surface area contributed by atoms with Gasteiger partial charge in [-0.2, -0.15) is 0 Å². The molecule has 4 saturated heterocycles. The number of carboxylic acid groups (broad SMARTS) is 1. The van der Waals surface area contributed by atoms with Crippen LogP contribution in [-0.4, -0.2) is 89.4 Å². The van der Waals surface area contributed by atoms with Gasteiger partial charge in [0.1, 0.15) is 11.0 Å². The van der Waals surface area contributed by atoms with Gasteiger partial charge in [-0.15, -0.1) is 0 Å². The first kappa shape index (κ1) is 34.4. The van der Waals surface area contributed by atoms with Gasteiger partial charge in [0.05, 0.1) is 42.7 Å². The number of amides is 3. The first-order valence-corrected chi connectivity index (χ1v) is 16.4. The summed E-state index contributed by atoms with van der Waals surface area (Å²) in [4.78, 5) is 53.5. The summed E-state index contributed by atoms with van der Waals surface area (Å²) in [5, 5.41) is 12.7. The number of likely N-dealkylation sites (tertiary alicyclic amines) is 2. The fraction of sp³-hybridized carbons (Fsp3) is 0.556. The third-order valence-corrected chi connectivity index (χ3v) is 10.0. The van der Waals surface area contributed by atoms with E-state index in [0.29, 0.717) is 39.2 Å². The molecule has 2 N–H and O–H groups in total. The van der Waals surface area contributed by atoms with Crippen LogP contribution in [-0.2, 0) is 28.6 Å². The molecule has 4 aliphatic heterocycles.